The predicted molar refractivity (Wildman–Crippen MR) is 85.0 cm³/mol. The van der Waals surface area contributed by atoms with E-state index in [-0.39, 0.29) is 6.10 Å². The number of hydrogen-bond acceptors (Lipinski definition) is 1. The molecule has 1 atom stereocenters. The lowest BCUT2D eigenvalue weighted by molar-refractivity contribution is 0.269. The van der Waals surface area contributed by atoms with Gasteiger partial charge in [0.05, 0.1) is 6.10 Å². The average Bonchev–Trinajstić information content (AvgIpc) is 2.30. The lowest BCUT2D eigenvalue weighted by Gasteiger charge is -2.17. The van der Waals surface area contributed by atoms with Crippen LogP contribution in [0.1, 0.15) is 51.9 Å². The second-order valence-corrected chi connectivity index (χ2v) is 8.03. The van der Waals surface area contributed by atoms with E-state index in [1.54, 1.807) is 0 Å². The molecule has 107 valence electrons. The average molecular weight is 310 g/mol. The van der Waals surface area contributed by atoms with Crippen molar-refractivity contribution < 1.29 is 4.43 Å². The van der Waals surface area contributed by atoms with Crippen molar-refractivity contribution in [1.29, 1.82) is 0 Å². The zero-order valence-electron chi connectivity index (χ0n) is 11.9. The molecule has 1 nitrogen and oxygen atoms in total. The van der Waals surface area contributed by atoms with Crippen molar-refractivity contribution >= 4 is 32.2 Å². The van der Waals surface area contributed by atoms with Crippen molar-refractivity contribution in [1.82, 2.24) is 0 Å². The minimum atomic E-state index is -0.755. The minimum Gasteiger partial charge on any atom is -0.408 e. The first-order valence-electron chi connectivity index (χ1n) is 6.99. The molecule has 0 saturated carbocycles. The Balaban J connectivity index is 3.64. The van der Waals surface area contributed by atoms with Gasteiger partial charge < -0.3 is 4.43 Å². The summed E-state index contributed by atoms with van der Waals surface area (Å²) in [5.74, 6) is 0. The topological polar surface area (TPSA) is 9.23 Å². The summed E-state index contributed by atoms with van der Waals surface area (Å²) in [4.78, 5) is -0.467. The van der Waals surface area contributed by atoms with Crippen LogP contribution in [0, 0.1) is 0 Å². The number of halogens is 2. The van der Waals surface area contributed by atoms with E-state index in [1.807, 2.05) is 6.08 Å². The number of rotatable bonds is 11. The number of alkyl halides is 2. The Labute approximate surface area is 125 Å². The molecule has 0 aliphatic heterocycles. The summed E-state index contributed by atoms with van der Waals surface area (Å²) in [6, 6.07) is 0. The van der Waals surface area contributed by atoms with Crippen LogP contribution in [0.3, 0.4) is 0 Å². The van der Waals surface area contributed by atoms with Crippen LogP contribution < -0.4 is 0 Å². The molecule has 0 aromatic heterocycles. The van der Waals surface area contributed by atoms with E-state index in [0.717, 1.165) is 6.42 Å². The molecule has 0 aliphatic carbocycles. The highest BCUT2D eigenvalue weighted by atomic mass is 35.5. The Bertz CT molecular complexity index is 208. The summed E-state index contributed by atoms with van der Waals surface area (Å²) < 4.78 is 5.72. The molecule has 0 saturated heterocycles. The fourth-order valence-corrected chi connectivity index (χ4v) is 2.92. The van der Waals surface area contributed by atoms with E-state index in [9.17, 15) is 0 Å². The molecular weight excluding hydrogens is 283 g/mol. The van der Waals surface area contributed by atoms with E-state index >= 15 is 0 Å². The summed E-state index contributed by atoms with van der Waals surface area (Å²) in [6.07, 6.45) is 13.1. The molecular formula is C14H27Cl2OSi. The van der Waals surface area contributed by atoms with Crippen LogP contribution in [-0.4, -0.2) is 20.0 Å². The Morgan fingerprint density at radius 2 is 1.67 bits per heavy atom. The van der Waals surface area contributed by atoms with Gasteiger partial charge in [0.15, 0.2) is 0 Å². The van der Waals surface area contributed by atoms with Gasteiger partial charge in [0.25, 0.3) is 0 Å². The molecule has 0 rings (SSSR count). The third-order valence-electron chi connectivity index (χ3n) is 2.67. The minimum absolute atomic E-state index is 0.141. The molecule has 0 aromatic carbocycles. The molecule has 1 radical (unpaired) electrons. The Kier molecular flexibility index (Phi) is 12.9. The van der Waals surface area contributed by atoms with Gasteiger partial charge in [-0.15, -0.1) is 23.2 Å². The number of allylic oxidation sites excluding steroid dienone is 1. The molecule has 0 spiro atoms. The Hall–Kier alpha value is 0.497. The second kappa shape index (κ2) is 12.5. The first-order chi connectivity index (χ1) is 8.57. The quantitative estimate of drug-likeness (QED) is 0.205. The fourth-order valence-electron chi connectivity index (χ4n) is 1.72. The summed E-state index contributed by atoms with van der Waals surface area (Å²) in [7, 11) is -0.755. The van der Waals surface area contributed by atoms with E-state index in [1.165, 1.54) is 38.5 Å². The van der Waals surface area contributed by atoms with Crippen LogP contribution in [0.25, 0.3) is 0 Å². The Morgan fingerprint density at radius 1 is 1.06 bits per heavy atom. The van der Waals surface area contributed by atoms with Gasteiger partial charge in [-0.25, -0.2) is 0 Å². The van der Waals surface area contributed by atoms with Gasteiger partial charge in [0.2, 0.25) is 9.04 Å². The van der Waals surface area contributed by atoms with Crippen molar-refractivity contribution in [3.8, 4) is 0 Å². The van der Waals surface area contributed by atoms with E-state index in [0.29, 0.717) is 0 Å². The summed E-state index contributed by atoms with van der Waals surface area (Å²) >= 11 is 11.8. The van der Waals surface area contributed by atoms with Crippen molar-refractivity contribution in [2.75, 3.05) is 0 Å². The monoisotopic (exact) mass is 309 g/mol. The second-order valence-electron chi connectivity index (χ2n) is 4.81. The highest BCUT2D eigenvalue weighted by molar-refractivity contribution is 6.49. The smallest absolute Gasteiger partial charge is 0.205 e. The van der Waals surface area contributed by atoms with Crippen LogP contribution in [-0.2, 0) is 4.43 Å². The van der Waals surface area contributed by atoms with Crippen LogP contribution in [0.15, 0.2) is 12.2 Å². The van der Waals surface area contributed by atoms with Gasteiger partial charge in [0.1, 0.15) is 4.84 Å². The molecule has 0 aromatic rings. The van der Waals surface area contributed by atoms with Gasteiger partial charge >= 0.3 is 0 Å². The number of unbranched alkanes of at least 4 members (excludes halogenated alkanes) is 6. The molecule has 0 N–H and O–H groups in total. The van der Waals surface area contributed by atoms with Gasteiger partial charge in [0, 0.05) is 0 Å². The van der Waals surface area contributed by atoms with Crippen LogP contribution in [0.4, 0.5) is 0 Å². The molecule has 0 heterocycles. The van der Waals surface area contributed by atoms with Crippen molar-refractivity contribution in [2.45, 2.75) is 75.9 Å². The first-order valence-corrected chi connectivity index (χ1v) is 10.3. The molecule has 0 fully saturated rings. The SMILES string of the molecule is CCCCCCCC/C=C/C(O[Si](C)C)C(Cl)Cl. The van der Waals surface area contributed by atoms with Crippen LogP contribution >= 0.6 is 23.2 Å². The van der Waals surface area contributed by atoms with Gasteiger partial charge in [-0.2, -0.15) is 0 Å². The van der Waals surface area contributed by atoms with E-state index < -0.39 is 13.9 Å². The zero-order chi connectivity index (χ0) is 13.8. The van der Waals surface area contributed by atoms with Gasteiger partial charge in [-0.3, -0.25) is 0 Å². The third-order valence-corrected chi connectivity index (χ3v) is 3.91. The summed E-state index contributed by atoms with van der Waals surface area (Å²) in [5.41, 5.74) is 0. The van der Waals surface area contributed by atoms with E-state index in [4.69, 9.17) is 27.6 Å². The fraction of sp³-hybridized carbons (Fsp3) is 0.857. The molecule has 4 heteroatoms. The molecule has 0 bridgehead atoms. The maximum absolute atomic E-state index is 5.89. The zero-order valence-corrected chi connectivity index (χ0v) is 14.4. The highest BCUT2D eigenvalue weighted by Gasteiger charge is 2.15. The summed E-state index contributed by atoms with van der Waals surface area (Å²) in [6.45, 7) is 6.43. The lowest BCUT2D eigenvalue weighted by atomic mass is 10.1. The maximum Gasteiger partial charge on any atom is 0.205 e. The highest BCUT2D eigenvalue weighted by Crippen LogP contribution is 2.15. The normalized spacial score (nSPS) is 13.9. The summed E-state index contributed by atoms with van der Waals surface area (Å²) in [5, 5.41) is 0. The van der Waals surface area contributed by atoms with Crippen molar-refractivity contribution in [3.05, 3.63) is 12.2 Å². The standard InChI is InChI=1S/C14H27Cl2OSi/c1-4-5-6-7-8-9-10-11-12-13(14(15)16)17-18(2)3/h11-14H,4-10H2,1-3H3/b12-11+. The molecule has 18 heavy (non-hydrogen) atoms. The van der Waals surface area contributed by atoms with Gasteiger partial charge in [-0.1, -0.05) is 51.2 Å². The van der Waals surface area contributed by atoms with Gasteiger partial charge in [-0.05, 0) is 25.9 Å². The molecule has 1 unspecified atom stereocenters. The maximum atomic E-state index is 5.89. The number of hydrogen-bond donors (Lipinski definition) is 0. The molecule has 0 amide bonds. The third kappa shape index (κ3) is 11.6. The molecule has 0 aliphatic rings. The largest absolute Gasteiger partial charge is 0.408 e. The van der Waals surface area contributed by atoms with Crippen LogP contribution in [0.2, 0.25) is 13.1 Å². The van der Waals surface area contributed by atoms with Crippen molar-refractivity contribution in [3.63, 3.8) is 0 Å². The first kappa shape index (κ1) is 18.5. The lowest BCUT2D eigenvalue weighted by Crippen LogP contribution is -2.24. The van der Waals surface area contributed by atoms with Crippen molar-refractivity contribution in [2.24, 2.45) is 0 Å². The Morgan fingerprint density at radius 3 is 2.22 bits per heavy atom. The van der Waals surface area contributed by atoms with E-state index in [2.05, 4.69) is 26.1 Å². The predicted octanol–water partition coefficient (Wildman–Crippen LogP) is 5.73. The van der Waals surface area contributed by atoms with Crippen LogP contribution in [0.5, 0.6) is 0 Å².